The molecule has 0 fully saturated rings. The van der Waals surface area contributed by atoms with Gasteiger partial charge in [0.05, 0.1) is 5.56 Å². The first-order valence-corrected chi connectivity index (χ1v) is 21.8. The van der Waals surface area contributed by atoms with Gasteiger partial charge in [-0.15, -0.1) is 0 Å². The van der Waals surface area contributed by atoms with Crippen LogP contribution in [0.15, 0.2) is 195 Å². The summed E-state index contributed by atoms with van der Waals surface area (Å²) in [6, 6.07) is 63.7. The normalized spacial score (nSPS) is 14.0. The topological polar surface area (TPSA) is 78.1 Å². The Morgan fingerprint density at radius 3 is 1.59 bits per heavy atom. The molecule has 0 saturated carbocycles. The van der Waals surface area contributed by atoms with Crippen LogP contribution in [0.1, 0.15) is 29.0 Å². The fourth-order valence-corrected chi connectivity index (χ4v) is 10.5. The molecule has 13 aromatic rings. The van der Waals surface area contributed by atoms with E-state index in [0.29, 0.717) is 17.5 Å². The molecule has 0 bridgehead atoms. The highest BCUT2D eigenvalue weighted by molar-refractivity contribution is 6.14. The molecule has 6 nitrogen and oxygen atoms in total. The van der Waals surface area contributed by atoms with Crippen LogP contribution in [0, 0.1) is 0 Å². The van der Waals surface area contributed by atoms with Gasteiger partial charge in [-0.2, -0.15) is 0 Å². The van der Waals surface area contributed by atoms with Crippen LogP contribution in [0.2, 0.25) is 0 Å². The van der Waals surface area contributed by atoms with Gasteiger partial charge in [0.25, 0.3) is 0 Å². The Labute approximate surface area is 366 Å². The predicted molar refractivity (Wildman–Crippen MR) is 258 cm³/mol. The van der Waals surface area contributed by atoms with Crippen LogP contribution in [-0.2, 0) is 6.42 Å². The maximum absolute atomic E-state index is 6.99. The first-order chi connectivity index (χ1) is 31.7. The van der Waals surface area contributed by atoms with Crippen LogP contribution in [-0.4, -0.2) is 15.0 Å². The van der Waals surface area contributed by atoms with Crippen LogP contribution in [0.3, 0.4) is 0 Å². The predicted octanol–water partition coefficient (Wildman–Crippen LogP) is 15.5. The summed E-state index contributed by atoms with van der Waals surface area (Å²) in [5.41, 5.74) is 13.6. The Kier molecular flexibility index (Phi) is 7.48. The van der Waals surface area contributed by atoms with E-state index in [1.165, 1.54) is 33.0 Å². The zero-order chi connectivity index (χ0) is 41.9. The van der Waals surface area contributed by atoms with E-state index in [1.807, 2.05) is 72.8 Å². The number of fused-ring (bicyclic) bond motifs is 13. The molecule has 0 aliphatic heterocycles. The van der Waals surface area contributed by atoms with Gasteiger partial charge in [-0.1, -0.05) is 146 Å². The van der Waals surface area contributed by atoms with Crippen LogP contribution in [0.4, 0.5) is 0 Å². The van der Waals surface area contributed by atoms with Crippen LogP contribution >= 0.6 is 0 Å². The van der Waals surface area contributed by atoms with E-state index in [9.17, 15) is 0 Å². The lowest BCUT2D eigenvalue weighted by Gasteiger charge is -2.22. The Morgan fingerprint density at radius 1 is 0.375 bits per heavy atom. The van der Waals surface area contributed by atoms with Gasteiger partial charge in [-0.3, -0.25) is 0 Å². The summed E-state index contributed by atoms with van der Waals surface area (Å²) >= 11 is 0. The second kappa shape index (κ2) is 13.6. The van der Waals surface area contributed by atoms with Gasteiger partial charge in [0.2, 0.25) is 0 Å². The molecular formula is C58H35N3O3. The molecule has 1 aliphatic carbocycles. The molecule has 0 spiro atoms. The summed E-state index contributed by atoms with van der Waals surface area (Å²) in [5.74, 6) is 1.62. The minimum absolute atomic E-state index is 0.00881. The van der Waals surface area contributed by atoms with Crippen molar-refractivity contribution in [1.29, 1.82) is 0 Å². The highest BCUT2D eigenvalue weighted by Gasteiger charge is 2.30. The largest absolute Gasteiger partial charge is 0.456 e. The standard InChI is InChI=1S/C58H35N3O3/c1-2-14-34-32-46-35(31-33(34)13-1)27-28-38(36-15-3-4-16-37(36)46)40-29-30-41-39-17-5-8-22-47(39)64-55(41)54(40)58-60-56(44-20-11-25-50-52(44)42-18-6-9-23-48(42)62-50)59-57(61-58)45-21-12-26-51-53(45)43-19-7-10-24-49(43)63-51/h1-26,29-32,38H,27-28H2. The molecule has 4 heterocycles. The number of benzene rings is 9. The molecule has 1 unspecified atom stereocenters. The molecule has 0 amide bonds. The van der Waals surface area contributed by atoms with Gasteiger partial charge in [0.1, 0.15) is 33.5 Å². The lowest BCUT2D eigenvalue weighted by molar-refractivity contribution is 0.665. The average Bonchev–Trinajstić information content (AvgIpc) is 4.02. The van der Waals surface area contributed by atoms with Crippen molar-refractivity contribution in [3.05, 3.63) is 199 Å². The van der Waals surface area contributed by atoms with Crippen molar-refractivity contribution in [3.8, 4) is 45.3 Å². The summed E-state index contributed by atoms with van der Waals surface area (Å²) in [6.07, 6.45) is 1.78. The van der Waals surface area contributed by atoms with Gasteiger partial charge < -0.3 is 13.3 Å². The number of hydrogen-bond acceptors (Lipinski definition) is 6. The molecule has 9 aromatic carbocycles. The van der Waals surface area contributed by atoms with E-state index in [-0.39, 0.29) is 5.92 Å². The lowest BCUT2D eigenvalue weighted by atomic mass is 9.82. The van der Waals surface area contributed by atoms with Crippen LogP contribution < -0.4 is 0 Å². The highest BCUT2D eigenvalue weighted by Crippen LogP contribution is 2.48. The van der Waals surface area contributed by atoms with E-state index in [0.717, 1.165) is 101 Å². The Bertz CT molecular complexity index is 3930. The Balaban J connectivity index is 1.08. The van der Waals surface area contributed by atoms with Crippen LogP contribution in [0.5, 0.6) is 0 Å². The maximum Gasteiger partial charge on any atom is 0.168 e. The quantitative estimate of drug-likeness (QED) is 0.176. The zero-order valence-corrected chi connectivity index (χ0v) is 34.4. The SMILES string of the molecule is c1ccc2c(c1)-c1cc3ccccc3cc1CCC2c1ccc2c(oc3ccccc32)c1-c1nc(-c2cccc3oc4ccccc4c23)nc(-c2cccc3oc4ccccc4c23)n1. The van der Waals surface area contributed by atoms with Gasteiger partial charge in [0.15, 0.2) is 17.5 Å². The van der Waals surface area contributed by atoms with Crippen LogP contribution in [0.25, 0.3) is 122 Å². The van der Waals surface area contributed by atoms with Crippen molar-refractivity contribution >= 4 is 76.6 Å². The highest BCUT2D eigenvalue weighted by atomic mass is 16.3. The number of hydrogen-bond donors (Lipinski definition) is 0. The summed E-state index contributed by atoms with van der Waals surface area (Å²) in [6.45, 7) is 0. The van der Waals surface area contributed by atoms with Crippen molar-refractivity contribution in [2.45, 2.75) is 18.8 Å². The third-order valence-electron chi connectivity index (χ3n) is 13.4. The number of para-hydroxylation sites is 3. The van der Waals surface area contributed by atoms with Crippen molar-refractivity contribution in [2.24, 2.45) is 0 Å². The van der Waals surface area contributed by atoms with Gasteiger partial charge in [0, 0.05) is 49.4 Å². The maximum atomic E-state index is 6.99. The van der Waals surface area contributed by atoms with Crippen molar-refractivity contribution in [1.82, 2.24) is 15.0 Å². The smallest absolute Gasteiger partial charge is 0.168 e. The summed E-state index contributed by atoms with van der Waals surface area (Å²) < 4.78 is 19.9. The van der Waals surface area contributed by atoms with Gasteiger partial charge >= 0.3 is 0 Å². The minimum atomic E-state index is -0.00881. The van der Waals surface area contributed by atoms with E-state index < -0.39 is 0 Å². The molecular weight excluding hydrogens is 787 g/mol. The van der Waals surface area contributed by atoms with E-state index >= 15 is 0 Å². The summed E-state index contributed by atoms with van der Waals surface area (Å²) in [5, 5.41) is 8.47. The third kappa shape index (κ3) is 5.23. The molecule has 300 valence electrons. The summed E-state index contributed by atoms with van der Waals surface area (Å²) in [4.78, 5) is 16.5. The lowest BCUT2D eigenvalue weighted by Crippen LogP contribution is -2.07. The minimum Gasteiger partial charge on any atom is -0.456 e. The molecule has 4 aromatic heterocycles. The molecule has 1 aliphatic rings. The van der Waals surface area contributed by atoms with E-state index in [2.05, 4.69) is 109 Å². The fourth-order valence-electron chi connectivity index (χ4n) is 10.5. The van der Waals surface area contributed by atoms with Gasteiger partial charge in [-0.25, -0.2) is 15.0 Å². The molecule has 0 radical (unpaired) electrons. The number of nitrogens with zero attached hydrogens (tertiary/aromatic N) is 3. The molecule has 64 heavy (non-hydrogen) atoms. The number of aryl methyl sites for hydroxylation is 1. The summed E-state index contributed by atoms with van der Waals surface area (Å²) in [7, 11) is 0. The molecule has 1 atom stereocenters. The number of aromatic nitrogens is 3. The first-order valence-electron chi connectivity index (χ1n) is 21.8. The second-order valence-electron chi connectivity index (χ2n) is 16.9. The Morgan fingerprint density at radius 2 is 0.906 bits per heavy atom. The monoisotopic (exact) mass is 821 g/mol. The molecule has 6 heteroatoms. The molecule has 14 rings (SSSR count). The number of furan rings is 3. The fraction of sp³-hybridized carbons (Fsp3) is 0.0517. The molecule has 0 saturated heterocycles. The average molecular weight is 822 g/mol. The first kappa shape index (κ1) is 35.3. The number of rotatable bonds is 4. The van der Waals surface area contributed by atoms with E-state index in [4.69, 9.17) is 28.2 Å². The second-order valence-corrected chi connectivity index (χ2v) is 16.9. The van der Waals surface area contributed by atoms with Crippen molar-refractivity contribution < 1.29 is 13.3 Å². The molecule has 0 N–H and O–H groups in total. The van der Waals surface area contributed by atoms with Crippen molar-refractivity contribution in [2.75, 3.05) is 0 Å². The Hall–Kier alpha value is -8.35. The van der Waals surface area contributed by atoms with Gasteiger partial charge in [-0.05, 0) is 87.8 Å². The van der Waals surface area contributed by atoms with E-state index in [1.54, 1.807) is 0 Å². The third-order valence-corrected chi connectivity index (χ3v) is 13.4. The zero-order valence-electron chi connectivity index (χ0n) is 34.4. The van der Waals surface area contributed by atoms with Crippen molar-refractivity contribution in [3.63, 3.8) is 0 Å².